The predicted molar refractivity (Wildman–Crippen MR) is 110 cm³/mol. The van der Waals surface area contributed by atoms with Gasteiger partial charge >= 0.3 is 0 Å². The molecule has 0 radical (unpaired) electrons. The number of guanidine groups is 1. The van der Waals surface area contributed by atoms with Gasteiger partial charge in [-0.05, 0) is 18.6 Å². The summed E-state index contributed by atoms with van der Waals surface area (Å²) in [5.41, 5.74) is 0.898. The number of benzene rings is 1. The molecule has 7 nitrogen and oxygen atoms in total. The highest BCUT2D eigenvalue weighted by atomic mass is 16.5. The Morgan fingerprint density at radius 3 is 2.44 bits per heavy atom. The Labute approximate surface area is 163 Å². The second kappa shape index (κ2) is 12.4. The van der Waals surface area contributed by atoms with Crippen molar-refractivity contribution >= 4 is 11.6 Å². The number of nitrogens with one attached hydrogen (secondary N) is 1. The zero-order chi connectivity index (χ0) is 19.3. The smallest absolute Gasteiger partial charge is 0.193 e. The maximum Gasteiger partial charge on any atom is 0.193 e. The zero-order valence-corrected chi connectivity index (χ0v) is 16.7. The van der Waals surface area contributed by atoms with E-state index in [2.05, 4.69) is 27.0 Å². The van der Waals surface area contributed by atoms with Crippen LogP contribution in [0.15, 0.2) is 29.3 Å². The van der Waals surface area contributed by atoms with Crippen molar-refractivity contribution in [1.29, 1.82) is 0 Å². The molecule has 1 saturated heterocycles. The number of unbranched alkanes of at least 4 members (excludes halogenated alkanes) is 1. The summed E-state index contributed by atoms with van der Waals surface area (Å²) in [4.78, 5) is 8.83. The van der Waals surface area contributed by atoms with E-state index in [9.17, 15) is 5.11 Å². The Hall–Kier alpha value is -1.99. The van der Waals surface area contributed by atoms with Crippen LogP contribution in [0, 0.1) is 0 Å². The van der Waals surface area contributed by atoms with Crippen LogP contribution in [0.25, 0.3) is 0 Å². The molecule has 0 aromatic heterocycles. The molecule has 2 N–H and O–H groups in total. The minimum Gasteiger partial charge on any atom is -0.506 e. The Balaban J connectivity index is 1.62. The number of aliphatic imine (C=N–C) groups is 1. The van der Waals surface area contributed by atoms with Gasteiger partial charge in [-0.1, -0.05) is 25.5 Å². The van der Waals surface area contributed by atoms with E-state index in [-0.39, 0.29) is 0 Å². The van der Waals surface area contributed by atoms with Crippen molar-refractivity contribution in [2.24, 2.45) is 4.99 Å². The molecular weight excluding hydrogens is 344 g/mol. The topological polar surface area (TPSA) is 69.6 Å². The van der Waals surface area contributed by atoms with Gasteiger partial charge in [0, 0.05) is 46.4 Å². The molecule has 1 aliphatic heterocycles. The fourth-order valence-electron chi connectivity index (χ4n) is 3.03. The van der Waals surface area contributed by atoms with Gasteiger partial charge in [0.05, 0.1) is 25.5 Å². The van der Waals surface area contributed by atoms with Crippen molar-refractivity contribution in [2.45, 2.75) is 19.8 Å². The number of ether oxygens (including phenoxy) is 2. The molecule has 0 aliphatic carbocycles. The second-order valence-corrected chi connectivity index (χ2v) is 6.52. The van der Waals surface area contributed by atoms with Crippen LogP contribution in [0.4, 0.5) is 5.69 Å². The van der Waals surface area contributed by atoms with Crippen LogP contribution < -0.4 is 10.2 Å². The first kappa shape index (κ1) is 21.3. The van der Waals surface area contributed by atoms with Crippen molar-refractivity contribution in [1.82, 2.24) is 10.2 Å². The highest BCUT2D eigenvalue weighted by Crippen LogP contribution is 2.27. The Kier molecular flexibility index (Phi) is 9.79. The van der Waals surface area contributed by atoms with E-state index in [1.54, 1.807) is 13.1 Å². The van der Waals surface area contributed by atoms with E-state index in [0.29, 0.717) is 25.6 Å². The van der Waals surface area contributed by atoms with Gasteiger partial charge in [0.25, 0.3) is 0 Å². The number of nitrogens with zero attached hydrogens (tertiary/aromatic N) is 3. The number of para-hydroxylation sites is 2. The average Bonchev–Trinajstić information content (AvgIpc) is 2.70. The van der Waals surface area contributed by atoms with Gasteiger partial charge in [0.15, 0.2) is 5.96 Å². The molecule has 1 aromatic carbocycles. The predicted octanol–water partition coefficient (Wildman–Crippen LogP) is 1.92. The summed E-state index contributed by atoms with van der Waals surface area (Å²) in [5, 5.41) is 13.4. The van der Waals surface area contributed by atoms with Crippen LogP contribution in [0.3, 0.4) is 0 Å². The number of hydrogen-bond acceptors (Lipinski definition) is 5. The molecule has 0 unspecified atom stereocenters. The van der Waals surface area contributed by atoms with Crippen molar-refractivity contribution in [2.75, 3.05) is 71.1 Å². The molecular formula is C20H34N4O3. The van der Waals surface area contributed by atoms with Crippen molar-refractivity contribution in [3.63, 3.8) is 0 Å². The summed E-state index contributed by atoms with van der Waals surface area (Å²) in [5.74, 6) is 1.24. The van der Waals surface area contributed by atoms with Gasteiger partial charge in [-0.2, -0.15) is 0 Å². The standard InChI is InChI=1S/C20H34N4O3/c1-3-4-14-26-16-17-27-15-9-22-20(21-2)24-12-10-23(11-13-24)18-7-5-6-8-19(18)25/h5-8,25H,3-4,9-17H2,1-2H3,(H,21,22). The quantitative estimate of drug-likeness (QED) is 0.368. The molecule has 27 heavy (non-hydrogen) atoms. The lowest BCUT2D eigenvalue weighted by Gasteiger charge is -2.37. The third-order valence-corrected chi connectivity index (χ3v) is 4.56. The molecule has 2 rings (SSSR count). The lowest BCUT2D eigenvalue weighted by atomic mass is 10.2. The van der Waals surface area contributed by atoms with E-state index in [1.165, 1.54) is 0 Å². The molecule has 0 amide bonds. The van der Waals surface area contributed by atoms with E-state index >= 15 is 0 Å². The number of aromatic hydroxyl groups is 1. The molecule has 1 aromatic rings. The van der Waals surface area contributed by atoms with Crippen molar-refractivity contribution in [3.8, 4) is 5.75 Å². The average molecular weight is 379 g/mol. The third-order valence-electron chi connectivity index (χ3n) is 4.56. The third kappa shape index (κ3) is 7.27. The SMILES string of the molecule is CCCCOCCOCCNC(=NC)N1CCN(c2ccccc2O)CC1. The first-order chi connectivity index (χ1) is 13.3. The first-order valence-corrected chi connectivity index (χ1v) is 9.90. The molecule has 1 fully saturated rings. The highest BCUT2D eigenvalue weighted by molar-refractivity contribution is 5.80. The van der Waals surface area contributed by atoms with Gasteiger partial charge in [0.2, 0.25) is 0 Å². The van der Waals surface area contributed by atoms with E-state index < -0.39 is 0 Å². The number of piperazine rings is 1. The maximum atomic E-state index is 10.0. The van der Waals surface area contributed by atoms with Gasteiger partial charge in [-0.15, -0.1) is 0 Å². The summed E-state index contributed by atoms with van der Waals surface area (Å²) >= 11 is 0. The lowest BCUT2D eigenvalue weighted by molar-refractivity contribution is 0.0486. The van der Waals surface area contributed by atoms with Crippen LogP contribution in [0.2, 0.25) is 0 Å². The summed E-state index contributed by atoms with van der Waals surface area (Å²) in [6, 6.07) is 7.50. The van der Waals surface area contributed by atoms with Gasteiger partial charge in [-0.3, -0.25) is 4.99 Å². The van der Waals surface area contributed by atoms with Crippen LogP contribution in [0.5, 0.6) is 5.75 Å². The summed E-state index contributed by atoms with van der Waals surface area (Å²) in [7, 11) is 1.81. The van der Waals surface area contributed by atoms with Crippen LogP contribution in [0.1, 0.15) is 19.8 Å². The molecule has 152 valence electrons. The Morgan fingerprint density at radius 2 is 1.78 bits per heavy atom. The number of hydrogen-bond donors (Lipinski definition) is 2. The highest BCUT2D eigenvalue weighted by Gasteiger charge is 2.21. The number of rotatable bonds is 10. The summed E-state index contributed by atoms with van der Waals surface area (Å²) in [6.45, 7) is 9.04. The number of phenolic OH excluding ortho intramolecular Hbond substituents is 1. The van der Waals surface area contributed by atoms with E-state index in [1.807, 2.05) is 18.2 Å². The molecule has 7 heteroatoms. The fourth-order valence-corrected chi connectivity index (χ4v) is 3.03. The minimum atomic E-state index is 0.337. The minimum absolute atomic E-state index is 0.337. The normalized spacial score (nSPS) is 15.3. The second-order valence-electron chi connectivity index (χ2n) is 6.52. The molecule has 0 spiro atoms. The number of phenols is 1. The summed E-state index contributed by atoms with van der Waals surface area (Å²) in [6.07, 6.45) is 2.26. The summed E-state index contributed by atoms with van der Waals surface area (Å²) < 4.78 is 11.1. The van der Waals surface area contributed by atoms with Crippen LogP contribution in [-0.4, -0.2) is 82.2 Å². The largest absolute Gasteiger partial charge is 0.506 e. The van der Waals surface area contributed by atoms with Gasteiger partial charge in [-0.25, -0.2) is 0 Å². The molecule has 0 bridgehead atoms. The monoisotopic (exact) mass is 378 g/mol. The first-order valence-electron chi connectivity index (χ1n) is 9.90. The molecule has 1 aliphatic rings. The molecule has 0 atom stereocenters. The van der Waals surface area contributed by atoms with Crippen molar-refractivity contribution in [3.05, 3.63) is 24.3 Å². The van der Waals surface area contributed by atoms with Gasteiger partial charge < -0.3 is 29.7 Å². The fraction of sp³-hybridized carbons (Fsp3) is 0.650. The lowest BCUT2D eigenvalue weighted by Crippen LogP contribution is -2.53. The zero-order valence-electron chi connectivity index (χ0n) is 16.7. The Bertz CT molecular complexity index is 560. The van der Waals surface area contributed by atoms with Gasteiger partial charge in [0.1, 0.15) is 5.75 Å². The maximum absolute atomic E-state index is 10.0. The number of anilines is 1. The van der Waals surface area contributed by atoms with E-state index in [4.69, 9.17) is 9.47 Å². The molecule has 1 heterocycles. The van der Waals surface area contributed by atoms with Crippen LogP contribution >= 0.6 is 0 Å². The molecule has 0 saturated carbocycles. The van der Waals surface area contributed by atoms with Crippen molar-refractivity contribution < 1.29 is 14.6 Å². The van der Waals surface area contributed by atoms with E-state index in [0.717, 1.165) is 63.8 Å². The van der Waals surface area contributed by atoms with Crippen LogP contribution in [-0.2, 0) is 9.47 Å². The Morgan fingerprint density at radius 1 is 1.07 bits per heavy atom.